The minimum atomic E-state index is -0.498. The molecule has 2 aliphatic heterocycles. The maximum atomic E-state index is 12.7. The zero-order chi connectivity index (χ0) is 16.9. The lowest BCUT2D eigenvalue weighted by Gasteiger charge is -2.28. The summed E-state index contributed by atoms with van der Waals surface area (Å²) in [6.07, 6.45) is 2.51. The van der Waals surface area contributed by atoms with Crippen LogP contribution in [0.3, 0.4) is 0 Å². The molecule has 24 heavy (non-hydrogen) atoms. The summed E-state index contributed by atoms with van der Waals surface area (Å²) in [6, 6.07) is 10.8. The number of carbonyl (C=O) groups is 2. The summed E-state index contributed by atoms with van der Waals surface area (Å²) < 4.78 is 5.36. The molecule has 2 amide bonds. The van der Waals surface area contributed by atoms with E-state index in [1.165, 1.54) is 4.90 Å². The van der Waals surface area contributed by atoms with Crippen molar-refractivity contribution in [1.29, 1.82) is 5.26 Å². The molecule has 3 rings (SSSR count). The number of nitrogens with zero attached hydrogens (tertiary/aromatic N) is 3. The molecule has 0 saturated carbocycles. The van der Waals surface area contributed by atoms with Crippen molar-refractivity contribution in [2.45, 2.75) is 44.4 Å². The fourth-order valence-electron chi connectivity index (χ4n) is 3.40. The van der Waals surface area contributed by atoms with Crippen LogP contribution in [-0.2, 0) is 16.1 Å². The molecule has 0 N–H and O–H groups in total. The standard InChI is InChI=1S/C18H21N3O3/c19-12-15-8-4-10-20(15)17(22)16-9-5-11-21(16)18(23)24-13-14-6-2-1-3-7-14/h1-3,6-7,15-16H,4-5,8-11,13H2/t15-,16-/m0/s1. The van der Waals surface area contributed by atoms with Crippen LogP contribution >= 0.6 is 0 Å². The third kappa shape index (κ3) is 3.35. The second-order valence-electron chi connectivity index (χ2n) is 6.21. The van der Waals surface area contributed by atoms with Crippen LogP contribution in [-0.4, -0.2) is 47.0 Å². The van der Waals surface area contributed by atoms with Crippen molar-refractivity contribution in [3.05, 3.63) is 35.9 Å². The third-order valence-electron chi connectivity index (χ3n) is 4.66. The molecule has 1 aromatic carbocycles. The highest BCUT2D eigenvalue weighted by Crippen LogP contribution is 2.25. The van der Waals surface area contributed by atoms with Gasteiger partial charge in [-0.1, -0.05) is 30.3 Å². The molecule has 2 atom stereocenters. The predicted molar refractivity (Wildman–Crippen MR) is 86.7 cm³/mol. The summed E-state index contributed by atoms with van der Waals surface area (Å²) >= 11 is 0. The summed E-state index contributed by atoms with van der Waals surface area (Å²) in [7, 11) is 0. The Morgan fingerprint density at radius 2 is 1.83 bits per heavy atom. The quantitative estimate of drug-likeness (QED) is 0.854. The van der Waals surface area contributed by atoms with Crippen molar-refractivity contribution < 1.29 is 14.3 Å². The van der Waals surface area contributed by atoms with Crippen molar-refractivity contribution in [2.75, 3.05) is 13.1 Å². The maximum Gasteiger partial charge on any atom is 0.410 e. The van der Waals surface area contributed by atoms with Crippen LogP contribution in [0.2, 0.25) is 0 Å². The number of nitriles is 1. The lowest BCUT2D eigenvalue weighted by Crippen LogP contribution is -2.49. The molecule has 0 aliphatic carbocycles. The van der Waals surface area contributed by atoms with E-state index in [4.69, 9.17) is 10.00 Å². The number of likely N-dealkylation sites (tertiary alicyclic amines) is 2. The van der Waals surface area contributed by atoms with Crippen LogP contribution in [0.15, 0.2) is 30.3 Å². The molecule has 0 spiro atoms. The van der Waals surface area contributed by atoms with Gasteiger partial charge in [0.25, 0.3) is 0 Å². The van der Waals surface area contributed by atoms with Crippen LogP contribution in [0.1, 0.15) is 31.2 Å². The molecule has 6 nitrogen and oxygen atoms in total. The largest absolute Gasteiger partial charge is 0.445 e. The Morgan fingerprint density at radius 1 is 1.12 bits per heavy atom. The smallest absolute Gasteiger partial charge is 0.410 e. The van der Waals surface area contributed by atoms with E-state index in [0.29, 0.717) is 25.9 Å². The summed E-state index contributed by atoms with van der Waals surface area (Å²) in [5.41, 5.74) is 0.914. The normalized spacial score (nSPS) is 23.1. The van der Waals surface area contributed by atoms with E-state index in [0.717, 1.165) is 18.4 Å². The lowest BCUT2D eigenvalue weighted by molar-refractivity contribution is -0.135. The van der Waals surface area contributed by atoms with Crippen molar-refractivity contribution in [2.24, 2.45) is 0 Å². The Kier molecular flexibility index (Phi) is 4.99. The predicted octanol–water partition coefficient (Wildman–Crippen LogP) is 2.30. The number of amides is 2. The van der Waals surface area contributed by atoms with Gasteiger partial charge in [0.1, 0.15) is 18.7 Å². The maximum absolute atomic E-state index is 12.7. The first kappa shape index (κ1) is 16.3. The van der Waals surface area contributed by atoms with E-state index in [9.17, 15) is 9.59 Å². The first-order valence-electron chi connectivity index (χ1n) is 8.38. The molecule has 2 fully saturated rings. The number of carbonyl (C=O) groups excluding carboxylic acids is 2. The van der Waals surface area contributed by atoms with Gasteiger partial charge in [-0.05, 0) is 31.2 Å². The van der Waals surface area contributed by atoms with Crippen LogP contribution < -0.4 is 0 Å². The van der Waals surface area contributed by atoms with E-state index < -0.39 is 12.1 Å². The number of rotatable bonds is 3. The topological polar surface area (TPSA) is 73.6 Å². The Bertz CT molecular complexity index is 641. The average Bonchev–Trinajstić information content (AvgIpc) is 3.28. The van der Waals surface area contributed by atoms with E-state index in [2.05, 4.69) is 6.07 Å². The SMILES string of the molecule is N#C[C@@H]1CCCN1C(=O)[C@@H]1CCCN1C(=O)OCc1ccccc1. The molecule has 1 aromatic rings. The molecule has 2 saturated heterocycles. The van der Waals surface area contributed by atoms with Gasteiger partial charge in [-0.3, -0.25) is 9.69 Å². The fraction of sp³-hybridized carbons (Fsp3) is 0.500. The highest BCUT2D eigenvalue weighted by atomic mass is 16.6. The van der Waals surface area contributed by atoms with Gasteiger partial charge in [0.2, 0.25) is 5.91 Å². The monoisotopic (exact) mass is 327 g/mol. The van der Waals surface area contributed by atoms with Gasteiger partial charge in [-0.15, -0.1) is 0 Å². The highest BCUT2D eigenvalue weighted by molar-refractivity contribution is 5.87. The Balaban J connectivity index is 1.61. The van der Waals surface area contributed by atoms with Crippen LogP contribution in [0, 0.1) is 11.3 Å². The fourth-order valence-corrected chi connectivity index (χ4v) is 3.40. The second-order valence-corrected chi connectivity index (χ2v) is 6.21. The van der Waals surface area contributed by atoms with E-state index in [1.807, 2.05) is 30.3 Å². The second kappa shape index (κ2) is 7.35. The zero-order valence-electron chi connectivity index (χ0n) is 13.6. The Morgan fingerprint density at radius 3 is 2.58 bits per heavy atom. The summed E-state index contributed by atoms with van der Waals surface area (Å²) in [4.78, 5) is 28.2. The first-order valence-corrected chi connectivity index (χ1v) is 8.38. The molecule has 0 radical (unpaired) electrons. The minimum Gasteiger partial charge on any atom is -0.445 e. The van der Waals surface area contributed by atoms with E-state index in [1.54, 1.807) is 4.90 Å². The molecule has 0 unspecified atom stereocenters. The molecule has 6 heteroatoms. The summed E-state index contributed by atoms with van der Waals surface area (Å²) in [6.45, 7) is 1.32. The lowest BCUT2D eigenvalue weighted by atomic mass is 10.1. The average molecular weight is 327 g/mol. The van der Waals surface area contributed by atoms with Gasteiger partial charge in [0.15, 0.2) is 0 Å². The van der Waals surface area contributed by atoms with E-state index >= 15 is 0 Å². The molecule has 2 aliphatic rings. The summed E-state index contributed by atoms with van der Waals surface area (Å²) in [5, 5.41) is 9.16. The van der Waals surface area contributed by atoms with Crippen molar-refractivity contribution >= 4 is 12.0 Å². The molecular weight excluding hydrogens is 306 g/mol. The Labute approximate surface area is 141 Å². The van der Waals surface area contributed by atoms with Crippen molar-refractivity contribution in [3.8, 4) is 6.07 Å². The third-order valence-corrected chi connectivity index (χ3v) is 4.66. The molecule has 126 valence electrons. The van der Waals surface area contributed by atoms with Gasteiger partial charge in [0.05, 0.1) is 6.07 Å². The zero-order valence-corrected chi connectivity index (χ0v) is 13.6. The number of hydrogen-bond donors (Lipinski definition) is 0. The van der Waals surface area contributed by atoms with Gasteiger partial charge < -0.3 is 9.64 Å². The van der Waals surface area contributed by atoms with Crippen LogP contribution in [0.5, 0.6) is 0 Å². The summed E-state index contributed by atoms with van der Waals surface area (Å²) in [5.74, 6) is -0.117. The highest BCUT2D eigenvalue weighted by Gasteiger charge is 2.40. The Hall–Kier alpha value is -2.55. The first-order chi connectivity index (χ1) is 11.7. The molecule has 2 heterocycles. The van der Waals surface area contributed by atoms with Crippen molar-refractivity contribution in [1.82, 2.24) is 9.80 Å². The minimum absolute atomic E-state index is 0.117. The molecular formula is C18H21N3O3. The van der Waals surface area contributed by atoms with E-state index in [-0.39, 0.29) is 18.6 Å². The van der Waals surface area contributed by atoms with Gasteiger partial charge >= 0.3 is 6.09 Å². The van der Waals surface area contributed by atoms with Gasteiger partial charge in [-0.2, -0.15) is 5.26 Å². The van der Waals surface area contributed by atoms with Crippen molar-refractivity contribution in [3.63, 3.8) is 0 Å². The number of hydrogen-bond acceptors (Lipinski definition) is 4. The number of ether oxygens (including phenoxy) is 1. The van der Waals surface area contributed by atoms with Crippen LogP contribution in [0.4, 0.5) is 4.79 Å². The van der Waals surface area contributed by atoms with Gasteiger partial charge in [-0.25, -0.2) is 4.79 Å². The number of benzene rings is 1. The van der Waals surface area contributed by atoms with Gasteiger partial charge in [0, 0.05) is 13.1 Å². The van der Waals surface area contributed by atoms with Crippen LogP contribution in [0.25, 0.3) is 0 Å². The molecule has 0 bridgehead atoms. The molecule has 0 aromatic heterocycles.